The number of aryl methyl sites for hydroxylation is 2. The van der Waals surface area contributed by atoms with E-state index in [0.29, 0.717) is 10.9 Å². The molecule has 2 aromatic carbocycles. The van der Waals surface area contributed by atoms with Crippen LogP contribution in [0.15, 0.2) is 43.0 Å². The highest BCUT2D eigenvalue weighted by atomic mass is 19.1. The van der Waals surface area contributed by atoms with Gasteiger partial charge in [-0.05, 0) is 36.3 Å². The smallest absolute Gasteiger partial charge is 0.133 e. The van der Waals surface area contributed by atoms with Crippen LogP contribution in [-0.4, -0.2) is 0 Å². The van der Waals surface area contributed by atoms with Crippen LogP contribution in [0.2, 0.25) is 0 Å². The molecule has 0 saturated carbocycles. The lowest BCUT2D eigenvalue weighted by molar-refractivity contribution is 0.630. The van der Waals surface area contributed by atoms with Gasteiger partial charge in [0.1, 0.15) is 5.82 Å². The predicted molar refractivity (Wildman–Crippen MR) is 67.2 cm³/mol. The standard InChI is InChI=1S/C15H15F/c1-3-4-5-12-7-9-14-13(10-12)8-6-11(2)15(14)16/h3,6-10H,1,4-5H2,2H3. The van der Waals surface area contributed by atoms with Gasteiger partial charge in [-0.3, -0.25) is 0 Å². The molecule has 0 amide bonds. The molecule has 1 heteroatoms. The summed E-state index contributed by atoms with van der Waals surface area (Å²) in [5, 5.41) is 1.69. The number of allylic oxidation sites excluding steroid dienone is 1. The van der Waals surface area contributed by atoms with Crippen LogP contribution in [0.25, 0.3) is 10.8 Å². The second-order valence-corrected chi connectivity index (χ2v) is 4.08. The van der Waals surface area contributed by atoms with Crippen molar-refractivity contribution in [3.8, 4) is 0 Å². The van der Waals surface area contributed by atoms with Gasteiger partial charge in [-0.15, -0.1) is 6.58 Å². The Labute approximate surface area is 95.4 Å². The summed E-state index contributed by atoms with van der Waals surface area (Å²) in [7, 11) is 0. The van der Waals surface area contributed by atoms with Crippen LogP contribution >= 0.6 is 0 Å². The molecule has 0 aliphatic heterocycles. The third kappa shape index (κ3) is 1.99. The lowest BCUT2D eigenvalue weighted by Gasteiger charge is -2.05. The number of fused-ring (bicyclic) bond motifs is 1. The average Bonchev–Trinajstić information content (AvgIpc) is 2.31. The van der Waals surface area contributed by atoms with Crippen LogP contribution in [0.1, 0.15) is 17.5 Å². The van der Waals surface area contributed by atoms with Gasteiger partial charge >= 0.3 is 0 Å². The van der Waals surface area contributed by atoms with Gasteiger partial charge < -0.3 is 0 Å². The van der Waals surface area contributed by atoms with Gasteiger partial charge in [0.15, 0.2) is 0 Å². The number of halogens is 1. The Balaban J connectivity index is 2.47. The molecule has 0 fully saturated rings. The largest absolute Gasteiger partial charge is 0.206 e. The second-order valence-electron chi connectivity index (χ2n) is 4.08. The van der Waals surface area contributed by atoms with Crippen molar-refractivity contribution in [2.24, 2.45) is 0 Å². The van der Waals surface area contributed by atoms with Crippen LogP contribution in [0.3, 0.4) is 0 Å². The number of benzene rings is 2. The zero-order valence-electron chi connectivity index (χ0n) is 9.46. The summed E-state index contributed by atoms with van der Waals surface area (Å²) >= 11 is 0. The Morgan fingerprint density at radius 3 is 2.81 bits per heavy atom. The normalized spacial score (nSPS) is 10.6. The van der Waals surface area contributed by atoms with Crippen LogP contribution in [0, 0.1) is 12.7 Å². The molecule has 0 aliphatic carbocycles. The molecule has 0 heterocycles. The third-order valence-corrected chi connectivity index (χ3v) is 2.85. The van der Waals surface area contributed by atoms with Gasteiger partial charge in [0.25, 0.3) is 0 Å². The predicted octanol–water partition coefficient (Wildman–Crippen LogP) is 4.41. The fraction of sp³-hybridized carbons (Fsp3) is 0.200. The Morgan fingerprint density at radius 2 is 2.06 bits per heavy atom. The molecule has 0 spiro atoms. The maximum absolute atomic E-state index is 13.8. The van der Waals surface area contributed by atoms with Gasteiger partial charge in [-0.1, -0.05) is 36.4 Å². The van der Waals surface area contributed by atoms with Crippen molar-refractivity contribution < 1.29 is 4.39 Å². The van der Waals surface area contributed by atoms with E-state index in [1.54, 1.807) is 6.92 Å². The van der Waals surface area contributed by atoms with Gasteiger partial charge in [0.2, 0.25) is 0 Å². The number of hydrogen-bond acceptors (Lipinski definition) is 0. The van der Waals surface area contributed by atoms with Crippen molar-refractivity contribution in [3.63, 3.8) is 0 Å². The van der Waals surface area contributed by atoms with Gasteiger partial charge in [0.05, 0.1) is 0 Å². The van der Waals surface area contributed by atoms with Crippen molar-refractivity contribution in [2.45, 2.75) is 19.8 Å². The Kier molecular flexibility index (Phi) is 3.04. The molecule has 2 aromatic rings. The summed E-state index contributed by atoms with van der Waals surface area (Å²) in [6.45, 7) is 5.50. The Morgan fingerprint density at radius 1 is 1.25 bits per heavy atom. The highest BCUT2D eigenvalue weighted by Crippen LogP contribution is 2.22. The molecular weight excluding hydrogens is 199 g/mol. The van der Waals surface area contributed by atoms with Gasteiger partial charge in [0, 0.05) is 5.39 Å². The SMILES string of the molecule is C=CCCc1ccc2c(F)c(C)ccc2c1. The van der Waals surface area contributed by atoms with E-state index in [0.717, 1.165) is 18.2 Å². The highest BCUT2D eigenvalue weighted by molar-refractivity contribution is 5.84. The molecule has 16 heavy (non-hydrogen) atoms. The van der Waals surface area contributed by atoms with Crippen LogP contribution in [-0.2, 0) is 6.42 Å². The van der Waals surface area contributed by atoms with E-state index < -0.39 is 0 Å². The van der Waals surface area contributed by atoms with Crippen molar-refractivity contribution >= 4 is 10.8 Å². The topological polar surface area (TPSA) is 0 Å². The molecule has 0 N–H and O–H groups in total. The molecular formula is C15H15F. The lowest BCUT2D eigenvalue weighted by Crippen LogP contribution is -1.88. The molecule has 2 rings (SSSR count). The molecule has 0 bridgehead atoms. The lowest BCUT2D eigenvalue weighted by atomic mass is 10.0. The Hall–Kier alpha value is -1.63. The van der Waals surface area contributed by atoms with Crippen molar-refractivity contribution in [1.82, 2.24) is 0 Å². The maximum atomic E-state index is 13.8. The van der Waals surface area contributed by atoms with Crippen molar-refractivity contribution in [3.05, 3.63) is 59.9 Å². The minimum Gasteiger partial charge on any atom is -0.206 e. The van der Waals surface area contributed by atoms with E-state index in [1.807, 2.05) is 30.3 Å². The average molecular weight is 214 g/mol. The van der Waals surface area contributed by atoms with E-state index in [2.05, 4.69) is 12.6 Å². The monoisotopic (exact) mass is 214 g/mol. The first kappa shape index (κ1) is 10.9. The minimum atomic E-state index is -0.104. The fourth-order valence-electron chi connectivity index (χ4n) is 1.87. The first-order valence-electron chi connectivity index (χ1n) is 5.51. The van der Waals surface area contributed by atoms with E-state index >= 15 is 0 Å². The summed E-state index contributed by atoms with van der Waals surface area (Å²) in [4.78, 5) is 0. The molecule has 0 aromatic heterocycles. The molecule has 0 atom stereocenters. The summed E-state index contributed by atoms with van der Waals surface area (Å²) in [5.74, 6) is -0.104. The molecule has 0 saturated heterocycles. The number of hydrogen-bond donors (Lipinski definition) is 0. The second kappa shape index (κ2) is 4.48. The van der Waals surface area contributed by atoms with Crippen molar-refractivity contribution in [1.29, 1.82) is 0 Å². The summed E-state index contributed by atoms with van der Waals surface area (Å²) in [6.07, 6.45) is 3.83. The summed E-state index contributed by atoms with van der Waals surface area (Å²) < 4.78 is 13.8. The quantitative estimate of drug-likeness (QED) is 0.664. The fourth-order valence-corrected chi connectivity index (χ4v) is 1.87. The first-order valence-corrected chi connectivity index (χ1v) is 5.51. The molecule has 0 unspecified atom stereocenters. The van der Waals surface area contributed by atoms with Crippen LogP contribution in [0.4, 0.5) is 4.39 Å². The highest BCUT2D eigenvalue weighted by Gasteiger charge is 2.04. The van der Waals surface area contributed by atoms with Crippen molar-refractivity contribution in [2.75, 3.05) is 0 Å². The molecule has 0 nitrogen and oxygen atoms in total. The molecule has 0 radical (unpaired) electrons. The van der Waals surface area contributed by atoms with Crippen LogP contribution < -0.4 is 0 Å². The van der Waals surface area contributed by atoms with Gasteiger partial charge in [-0.2, -0.15) is 0 Å². The maximum Gasteiger partial charge on any atom is 0.133 e. The van der Waals surface area contributed by atoms with Crippen LogP contribution in [0.5, 0.6) is 0 Å². The zero-order chi connectivity index (χ0) is 11.5. The molecule has 0 aliphatic rings. The Bertz CT molecular complexity index is 526. The zero-order valence-corrected chi connectivity index (χ0v) is 9.46. The van der Waals surface area contributed by atoms with E-state index in [1.165, 1.54) is 5.56 Å². The van der Waals surface area contributed by atoms with E-state index in [-0.39, 0.29) is 5.82 Å². The van der Waals surface area contributed by atoms with E-state index in [4.69, 9.17) is 0 Å². The summed E-state index contributed by atoms with van der Waals surface area (Å²) in [5.41, 5.74) is 1.93. The minimum absolute atomic E-state index is 0.104. The number of rotatable bonds is 3. The van der Waals surface area contributed by atoms with E-state index in [9.17, 15) is 4.39 Å². The summed E-state index contributed by atoms with van der Waals surface area (Å²) in [6, 6.07) is 9.73. The first-order chi connectivity index (χ1) is 7.72. The van der Waals surface area contributed by atoms with Gasteiger partial charge in [-0.25, -0.2) is 4.39 Å². The third-order valence-electron chi connectivity index (χ3n) is 2.85. The molecule has 82 valence electrons.